The molecular weight excluding hydrogens is 328 g/mol. The predicted molar refractivity (Wildman–Crippen MR) is 105 cm³/mol. The number of carbonyl (C=O) groups excluding carboxylic acids is 1. The normalized spacial score (nSPS) is 10.6. The topological polar surface area (TPSA) is 42.0 Å². The average Bonchev–Trinajstić information content (AvgIpc) is 3.09. The molecule has 1 aromatic heterocycles. The summed E-state index contributed by atoms with van der Waals surface area (Å²) in [5, 5.41) is 5.52. The molecule has 0 aliphatic heterocycles. The fourth-order valence-corrected chi connectivity index (χ4v) is 3.37. The summed E-state index contributed by atoms with van der Waals surface area (Å²) in [5.41, 5.74) is 4.35. The molecule has 3 rings (SSSR count). The Kier molecular flexibility index (Phi) is 5.96. The smallest absolute Gasteiger partial charge is 0.230 e. The second kappa shape index (κ2) is 8.58. The second-order valence-corrected chi connectivity index (χ2v) is 6.91. The third kappa shape index (κ3) is 5.00. The van der Waals surface area contributed by atoms with Gasteiger partial charge in [-0.05, 0) is 24.0 Å². The number of carbonyl (C=O) groups is 1. The molecule has 0 aliphatic carbocycles. The van der Waals surface area contributed by atoms with Crippen LogP contribution in [0.2, 0.25) is 0 Å². The molecule has 4 heteroatoms. The Morgan fingerprint density at radius 3 is 2.52 bits per heavy atom. The van der Waals surface area contributed by atoms with E-state index in [-0.39, 0.29) is 5.91 Å². The Bertz CT molecular complexity index is 809. The third-order valence-electron chi connectivity index (χ3n) is 4.03. The molecule has 0 aliphatic rings. The minimum atomic E-state index is -0.0398. The zero-order chi connectivity index (χ0) is 17.5. The number of rotatable bonds is 7. The number of hydrogen-bond donors (Lipinski definition) is 1. The van der Waals surface area contributed by atoms with E-state index in [0.717, 1.165) is 23.2 Å². The van der Waals surface area contributed by atoms with Gasteiger partial charge in [0, 0.05) is 10.9 Å². The molecule has 0 fully saturated rings. The van der Waals surface area contributed by atoms with Gasteiger partial charge in [0.2, 0.25) is 5.91 Å². The molecule has 3 nitrogen and oxygen atoms in total. The van der Waals surface area contributed by atoms with Crippen molar-refractivity contribution in [1.29, 1.82) is 0 Å². The van der Waals surface area contributed by atoms with E-state index in [9.17, 15) is 4.79 Å². The molecule has 2 aromatic carbocycles. The number of hydrogen-bond acceptors (Lipinski definition) is 3. The largest absolute Gasteiger partial charge is 0.302 e. The molecule has 0 unspecified atom stereocenters. The van der Waals surface area contributed by atoms with Gasteiger partial charge in [-0.2, -0.15) is 0 Å². The van der Waals surface area contributed by atoms with E-state index in [1.165, 1.54) is 29.7 Å². The van der Waals surface area contributed by atoms with Crippen molar-refractivity contribution < 1.29 is 4.79 Å². The molecule has 128 valence electrons. The highest BCUT2D eigenvalue weighted by Gasteiger charge is 2.09. The van der Waals surface area contributed by atoms with Gasteiger partial charge in [-0.25, -0.2) is 4.98 Å². The van der Waals surface area contributed by atoms with Crippen LogP contribution >= 0.6 is 11.3 Å². The lowest BCUT2D eigenvalue weighted by molar-refractivity contribution is -0.115. The maximum atomic E-state index is 12.1. The summed E-state index contributed by atoms with van der Waals surface area (Å²) >= 11 is 1.46. The number of aryl methyl sites for hydroxylation is 1. The van der Waals surface area contributed by atoms with Crippen LogP contribution in [0, 0.1) is 0 Å². The Hall–Kier alpha value is -2.46. The van der Waals surface area contributed by atoms with Gasteiger partial charge in [0.05, 0.1) is 12.1 Å². The first-order chi connectivity index (χ1) is 12.2. The molecule has 0 bridgehead atoms. The van der Waals surface area contributed by atoms with Crippen LogP contribution in [-0.2, 0) is 17.6 Å². The predicted octanol–water partition coefficient (Wildman–Crippen LogP) is 5.33. The number of aromatic nitrogens is 1. The van der Waals surface area contributed by atoms with Gasteiger partial charge in [0.25, 0.3) is 0 Å². The number of amides is 1. The molecule has 1 N–H and O–H groups in total. The highest BCUT2D eigenvalue weighted by atomic mass is 32.1. The molecule has 0 atom stereocenters. The van der Waals surface area contributed by atoms with Crippen molar-refractivity contribution in [3.8, 4) is 11.3 Å². The maximum Gasteiger partial charge on any atom is 0.230 e. The Labute approximate surface area is 152 Å². The fourth-order valence-electron chi connectivity index (χ4n) is 2.63. The van der Waals surface area contributed by atoms with Crippen LogP contribution in [0.4, 0.5) is 5.13 Å². The summed E-state index contributed by atoms with van der Waals surface area (Å²) in [4.78, 5) is 16.7. The molecule has 0 spiro atoms. The minimum Gasteiger partial charge on any atom is -0.302 e. The van der Waals surface area contributed by atoms with E-state index in [1.54, 1.807) is 0 Å². The number of benzene rings is 2. The summed E-state index contributed by atoms with van der Waals surface area (Å²) in [6.07, 6.45) is 3.91. The lowest BCUT2D eigenvalue weighted by Crippen LogP contribution is -2.14. The Balaban J connectivity index is 1.61. The molecule has 1 heterocycles. The number of nitrogens with one attached hydrogen (secondary N) is 1. The van der Waals surface area contributed by atoms with Crippen molar-refractivity contribution >= 4 is 22.4 Å². The first kappa shape index (κ1) is 17.4. The Morgan fingerprint density at radius 1 is 1.04 bits per heavy atom. The fraction of sp³-hybridized carbons (Fsp3) is 0.238. The van der Waals surface area contributed by atoms with E-state index < -0.39 is 0 Å². The van der Waals surface area contributed by atoms with Crippen molar-refractivity contribution in [1.82, 2.24) is 4.98 Å². The van der Waals surface area contributed by atoms with Gasteiger partial charge in [0.1, 0.15) is 0 Å². The van der Waals surface area contributed by atoms with Crippen LogP contribution in [0.5, 0.6) is 0 Å². The monoisotopic (exact) mass is 350 g/mol. The van der Waals surface area contributed by atoms with Crippen molar-refractivity contribution in [2.45, 2.75) is 32.6 Å². The lowest BCUT2D eigenvalue weighted by Gasteiger charge is -2.02. The van der Waals surface area contributed by atoms with Gasteiger partial charge in [-0.15, -0.1) is 11.3 Å². The molecule has 0 saturated heterocycles. The first-order valence-electron chi connectivity index (χ1n) is 8.63. The van der Waals surface area contributed by atoms with Crippen LogP contribution < -0.4 is 5.32 Å². The van der Waals surface area contributed by atoms with Crippen molar-refractivity contribution in [3.63, 3.8) is 0 Å². The number of unbranched alkanes of at least 4 members (excludes halogenated alkanes) is 1. The Morgan fingerprint density at radius 2 is 1.80 bits per heavy atom. The summed E-state index contributed by atoms with van der Waals surface area (Å²) in [6, 6.07) is 18.3. The third-order valence-corrected chi connectivity index (χ3v) is 4.78. The quantitative estimate of drug-likeness (QED) is 0.625. The SMILES string of the molecule is CCCCc1ccc(-c2csc(NC(=O)Cc3ccccc3)n2)cc1. The van der Waals surface area contributed by atoms with Crippen molar-refractivity contribution in [3.05, 3.63) is 71.1 Å². The zero-order valence-corrected chi connectivity index (χ0v) is 15.2. The summed E-state index contributed by atoms with van der Waals surface area (Å²) in [5.74, 6) is -0.0398. The summed E-state index contributed by atoms with van der Waals surface area (Å²) in [6.45, 7) is 2.21. The average molecular weight is 350 g/mol. The zero-order valence-electron chi connectivity index (χ0n) is 14.4. The number of anilines is 1. The van der Waals surface area contributed by atoms with Crippen LogP contribution in [0.3, 0.4) is 0 Å². The van der Waals surface area contributed by atoms with Gasteiger partial charge in [-0.3, -0.25) is 4.79 Å². The van der Waals surface area contributed by atoms with Gasteiger partial charge >= 0.3 is 0 Å². The van der Waals surface area contributed by atoms with Gasteiger partial charge < -0.3 is 5.32 Å². The lowest BCUT2D eigenvalue weighted by atomic mass is 10.1. The van der Waals surface area contributed by atoms with Crippen molar-refractivity contribution in [2.24, 2.45) is 0 Å². The highest BCUT2D eigenvalue weighted by Crippen LogP contribution is 2.25. The maximum absolute atomic E-state index is 12.1. The molecule has 3 aromatic rings. The molecular formula is C21H22N2OS. The molecule has 0 radical (unpaired) electrons. The number of thiazole rings is 1. The van der Waals surface area contributed by atoms with Crippen LogP contribution in [0.1, 0.15) is 30.9 Å². The summed E-state index contributed by atoms with van der Waals surface area (Å²) < 4.78 is 0. The molecule has 1 amide bonds. The van der Waals surface area contributed by atoms with Crippen molar-refractivity contribution in [2.75, 3.05) is 5.32 Å². The molecule has 25 heavy (non-hydrogen) atoms. The van der Waals surface area contributed by atoms with Crippen LogP contribution in [0.25, 0.3) is 11.3 Å². The van der Waals surface area contributed by atoms with Gasteiger partial charge in [0.15, 0.2) is 5.13 Å². The van der Waals surface area contributed by atoms with Crippen LogP contribution in [0.15, 0.2) is 60.0 Å². The van der Waals surface area contributed by atoms with E-state index in [2.05, 4.69) is 41.5 Å². The standard InChI is InChI=1S/C21H22N2OS/c1-2-3-7-16-10-12-18(13-11-16)19-15-25-21(22-19)23-20(24)14-17-8-5-4-6-9-17/h4-6,8-13,15H,2-3,7,14H2,1H3,(H,22,23,24). The number of nitrogens with zero attached hydrogens (tertiary/aromatic N) is 1. The molecule has 0 saturated carbocycles. The second-order valence-electron chi connectivity index (χ2n) is 6.05. The van der Waals surface area contributed by atoms with E-state index >= 15 is 0 Å². The first-order valence-corrected chi connectivity index (χ1v) is 9.51. The van der Waals surface area contributed by atoms with E-state index in [0.29, 0.717) is 11.6 Å². The van der Waals surface area contributed by atoms with E-state index in [4.69, 9.17) is 0 Å². The minimum absolute atomic E-state index is 0.0398. The van der Waals surface area contributed by atoms with Gasteiger partial charge in [-0.1, -0.05) is 67.9 Å². The van der Waals surface area contributed by atoms with Crippen LogP contribution in [-0.4, -0.2) is 10.9 Å². The van der Waals surface area contributed by atoms with E-state index in [1.807, 2.05) is 35.7 Å². The highest BCUT2D eigenvalue weighted by molar-refractivity contribution is 7.14. The summed E-state index contributed by atoms with van der Waals surface area (Å²) in [7, 11) is 0.